The lowest BCUT2D eigenvalue weighted by molar-refractivity contribution is 0.259. The Balaban J connectivity index is 2.26. The van der Waals surface area contributed by atoms with Gasteiger partial charge in [-0.05, 0) is 32.5 Å². The molecule has 0 saturated carbocycles. The van der Waals surface area contributed by atoms with Gasteiger partial charge in [-0.2, -0.15) is 10.4 Å². The summed E-state index contributed by atoms with van der Waals surface area (Å²) in [6, 6.07) is 4.07. The summed E-state index contributed by atoms with van der Waals surface area (Å²) >= 11 is 0. The molecule has 94 valence electrons. The Morgan fingerprint density at radius 1 is 1.65 bits per heavy atom. The van der Waals surface area contributed by atoms with Crippen LogP contribution in [-0.4, -0.2) is 34.3 Å². The summed E-state index contributed by atoms with van der Waals surface area (Å²) < 4.78 is 1.86. The molecule has 0 saturated heterocycles. The highest BCUT2D eigenvalue weighted by atomic mass is 15.3. The van der Waals surface area contributed by atoms with E-state index in [1.54, 1.807) is 6.07 Å². The fraction of sp³-hybridized carbons (Fsp3) is 0.667. The fourth-order valence-electron chi connectivity index (χ4n) is 1.76. The highest BCUT2D eigenvalue weighted by molar-refractivity contribution is 5.23. The molecular weight excluding hydrogens is 214 g/mol. The molecule has 5 heteroatoms. The molecule has 0 aromatic carbocycles. The molecule has 0 radical (unpaired) electrons. The van der Waals surface area contributed by atoms with Crippen LogP contribution in [0.15, 0.2) is 12.3 Å². The van der Waals surface area contributed by atoms with Gasteiger partial charge < -0.3 is 10.6 Å². The van der Waals surface area contributed by atoms with Gasteiger partial charge in [0.25, 0.3) is 0 Å². The number of nitrogens with two attached hydrogens (primary N) is 1. The molecule has 0 bridgehead atoms. The van der Waals surface area contributed by atoms with E-state index in [1.807, 2.05) is 17.8 Å². The standard InChI is InChI=1S/C12H21N5/c1-3-16(10-11(2)9-13)6-4-7-17-8-5-12(14)15-17/h5,8,11H,3-4,6-7,10H2,1-2H3,(H2,14,15). The van der Waals surface area contributed by atoms with E-state index in [1.165, 1.54) is 0 Å². The predicted octanol–water partition coefficient (Wildman–Crippen LogP) is 1.34. The summed E-state index contributed by atoms with van der Waals surface area (Å²) in [6.07, 6.45) is 2.91. The monoisotopic (exact) mass is 235 g/mol. The van der Waals surface area contributed by atoms with Gasteiger partial charge in [0, 0.05) is 19.3 Å². The van der Waals surface area contributed by atoms with Crippen molar-refractivity contribution in [3.8, 4) is 6.07 Å². The molecule has 1 rings (SSSR count). The molecule has 0 aliphatic rings. The van der Waals surface area contributed by atoms with Crippen molar-refractivity contribution in [1.82, 2.24) is 14.7 Å². The second-order valence-corrected chi connectivity index (χ2v) is 4.28. The summed E-state index contributed by atoms with van der Waals surface area (Å²) in [6.45, 7) is 7.76. The average molecular weight is 235 g/mol. The number of nitrogen functional groups attached to an aromatic ring is 1. The zero-order valence-corrected chi connectivity index (χ0v) is 10.6. The van der Waals surface area contributed by atoms with Crippen molar-refractivity contribution in [1.29, 1.82) is 5.26 Å². The van der Waals surface area contributed by atoms with Gasteiger partial charge in [-0.25, -0.2) is 0 Å². The Bertz CT molecular complexity index is 365. The van der Waals surface area contributed by atoms with E-state index in [0.717, 1.165) is 32.6 Å². The Morgan fingerprint density at radius 3 is 2.94 bits per heavy atom. The molecule has 1 atom stereocenters. The number of nitrogens with zero attached hydrogens (tertiary/aromatic N) is 4. The number of aryl methyl sites for hydroxylation is 1. The van der Waals surface area contributed by atoms with Crippen molar-refractivity contribution in [3.63, 3.8) is 0 Å². The molecule has 1 aromatic rings. The minimum Gasteiger partial charge on any atom is -0.382 e. The van der Waals surface area contributed by atoms with Gasteiger partial charge in [0.1, 0.15) is 5.82 Å². The number of anilines is 1. The molecular formula is C12H21N5. The molecule has 5 nitrogen and oxygen atoms in total. The topological polar surface area (TPSA) is 70.9 Å². The summed E-state index contributed by atoms with van der Waals surface area (Å²) in [4.78, 5) is 2.29. The van der Waals surface area contributed by atoms with Crippen molar-refractivity contribution >= 4 is 5.82 Å². The van der Waals surface area contributed by atoms with E-state index in [9.17, 15) is 0 Å². The number of nitriles is 1. The molecule has 0 aliphatic heterocycles. The van der Waals surface area contributed by atoms with Gasteiger partial charge in [0.2, 0.25) is 0 Å². The van der Waals surface area contributed by atoms with E-state index in [2.05, 4.69) is 23.0 Å². The van der Waals surface area contributed by atoms with Crippen molar-refractivity contribution in [2.75, 3.05) is 25.4 Å². The SMILES string of the molecule is CCN(CCCn1ccc(N)n1)CC(C)C#N. The molecule has 0 aliphatic carbocycles. The third kappa shape index (κ3) is 4.87. The highest BCUT2D eigenvalue weighted by Crippen LogP contribution is 2.02. The van der Waals surface area contributed by atoms with Crippen LogP contribution in [0.2, 0.25) is 0 Å². The fourth-order valence-corrected chi connectivity index (χ4v) is 1.76. The van der Waals surface area contributed by atoms with Crippen molar-refractivity contribution in [2.24, 2.45) is 5.92 Å². The second kappa shape index (κ2) is 6.92. The average Bonchev–Trinajstić information content (AvgIpc) is 2.73. The lowest BCUT2D eigenvalue weighted by Gasteiger charge is -2.21. The first-order valence-electron chi connectivity index (χ1n) is 6.06. The van der Waals surface area contributed by atoms with Crippen LogP contribution < -0.4 is 5.73 Å². The lowest BCUT2D eigenvalue weighted by atomic mass is 10.2. The first-order chi connectivity index (χ1) is 8.15. The van der Waals surface area contributed by atoms with Crippen LogP contribution in [0.3, 0.4) is 0 Å². The van der Waals surface area contributed by atoms with Crippen molar-refractivity contribution in [3.05, 3.63) is 12.3 Å². The molecule has 17 heavy (non-hydrogen) atoms. The minimum atomic E-state index is 0.0929. The maximum absolute atomic E-state index is 8.78. The molecule has 0 fully saturated rings. The Hall–Kier alpha value is -1.54. The quantitative estimate of drug-likeness (QED) is 0.774. The van der Waals surface area contributed by atoms with E-state index >= 15 is 0 Å². The molecule has 1 aromatic heterocycles. The number of hydrogen-bond acceptors (Lipinski definition) is 4. The third-order valence-corrected chi connectivity index (χ3v) is 2.72. The summed E-state index contributed by atoms with van der Waals surface area (Å²) in [5.74, 6) is 0.658. The highest BCUT2D eigenvalue weighted by Gasteiger charge is 2.07. The Kier molecular flexibility index (Phi) is 5.50. The van der Waals surface area contributed by atoms with Gasteiger partial charge >= 0.3 is 0 Å². The molecule has 0 amide bonds. The molecule has 0 spiro atoms. The zero-order chi connectivity index (χ0) is 12.7. The molecule has 2 N–H and O–H groups in total. The predicted molar refractivity (Wildman–Crippen MR) is 68.1 cm³/mol. The largest absolute Gasteiger partial charge is 0.382 e. The normalized spacial score (nSPS) is 12.6. The third-order valence-electron chi connectivity index (χ3n) is 2.72. The first kappa shape index (κ1) is 13.5. The van der Waals surface area contributed by atoms with Crippen LogP contribution in [0.1, 0.15) is 20.3 Å². The van der Waals surface area contributed by atoms with Crippen LogP contribution in [0.4, 0.5) is 5.82 Å². The van der Waals surface area contributed by atoms with Gasteiger partial charge in [-0.1, -0.05) is 6.92 Å². The summed E-state index contributed by atoms with van der Waals surface area (Å²) in [5, 5.41) is 12.9. The molecule has 1 unspecified atom stereocenters. The Labute approximate surface area is 103 Å². The van der Waals surface area contributed by atoms with Crippen LogP contribution >= 0.6 is 0 Å². The van der Waals surface area contributed by atoms with E-state index in [4.69, 9.17) is 11.0 Å². The maximum Gasteiger partial charge on any atom is 0.145 e. The van der Waals surface area contributed by atoms with Crippen LogP contribution in [0.25, 0.3) is 0 Å². The van der Waals surface area contributed by atoms with Gasteiger partial charge in [0.15, 0.2) is 0 Å². The Morgan fingerprint density at radius 2 is 2.41 bits per heavy atom. The zero-order valence-electron chi connectivity index (χ0n) is 10.6. The van der Waals surface area contributed by atoms with Crippen molar-refractivity contribution < 1.29 is 0 Å². The van der Waals surface area contributed by atoms with Crippen LogP contribution in [-0.2, 0) is 6.54 Å². The second-order valence-electron chi connectivity index (χ2n) is 4.28. The summed E-state index contributed by atoms with van der Waals surface area (Å²) in [7, 11) is 0. The number of rotatable bonds is 7. The van der Waals surface area contributed by atoms with Crippen LogP contribution in [0.5, 0.6) is 0 Å². The van der Waals surface area contributed by atoms with E-state index < -0.39 is 0 Å². The number of aromatic nitrogens is 2. The van der Waals surface area contributed by atoms with Crippen molar-refractivity contribution in [2.45, 2.75) is 26.8 Å². The smallest absolute Gasteiger partial charge is 0.145 e. The first-order valence-corrected chi connectivity index (χ1v) is 6.06. The van der Waals surface area contributed by atoms with E-state index in [0.29, 0.717) is 5.82 Å². The molecule has 1 heterocycles. The number of hydrogen-bond donors (Lipinski definition) is 1. The van der Waals surface area contributed by atoms with E-state index in [-0.39, 0.29) is 5.92 Å². The minimum absolute atomic E-state index is 0.0929. The van der Waals surface area contributed by atoms with Crippen LogP contribution in [0, 0.1) is 17.2 Å². The maximum atomic E-state index is 8.78. The summed E-state index contributed by atoms with van der Waals surface area (Å²) in [5.41, 5.74) is 5.54. The lowest BCUT2D eigenvalue weighted by Crippen LogP contribution is -2.29. The van der Waals surface area contributed by atoms with Gasteiger partial charge in [-0.15, -0.1) is 0 Å². The van der Waals surface area contributed by atoms with Gasteiger partial charge in [0.05, 0.1) is 12.0 Å². The van der Waals surface area contributed by atoms with Gasteiger partial charge in [-0.3, -0.25) is 4.68 Å².